The molecular formula is C13H25NO. The Morgan fingerprint density at radius 3 is 2.53 bits per heavy atom. The van der Waals surface area contributed by atoms with E-state index in [1.165, 1.54) is 12.8 Å². The van der Waals surface area contributed by atoms with Gasteiger partial charge in [0.05, 0.1) is 0 Å². The zero-order valence-electron chi connectivity index (χ0n) is 10.6. The molecule has 0 saturated carbocycles. The molecule has 0 spiro atoms. The van der Waals surface area contributed by atoms with Crippen LogP contribution in [0.3, 0.4) is 0 Å². The van der Waals surface area contributed by atoms with Gasteiger partial charge in [-0.1, -0.05) is 20.3 Å². The van der Waals surface area contributed by atoms with E-state index in [1.54, 1.807) is 0 Å². The van der Waals surface area contributed by atoms with E-state index in [2.05, 4.69) is 32.6 Å². The molecule has 1 aliphatic heterocycles. The lowest BCUT2D eigenvalue weighted by Crippen LogP contribution is -2.45. The second-order valence-electron chi connectivity index (χ2n) is 5.44. The van der Waals surface area contributed by atoms with Gasteiger partial charge in [-0.2, -0.15) is 0 Å². The van der Waals surface area contributed by atoms with E-state index in [9.17, 15) is 4.79 Å². The minimum Gasteiger partial charge on any atom is -0.340 e. The molecule has 1 rings (SSSR count). The minimum atomic E-state index is 0.309. The van der Waals surface area contributed by atoms with Crippen molar-refractivity contribution in [1.29, 1.82) is 0 Å². The Bertz CT molecular complexity index is 211. The first-order valence-electron chi connectivity index (χ1n) is 6.32. The van der Waals surface area contributed by atoms with Gasteiger partial charge in [0.1, 0.15) is 0 Å². The number of amides is 1. The molecule has 0 radical (unpaired) electrons. The standard InChI is InChI=1S/C13H25NO/c1-10(2)7-8-12-6-5-9-14(11(3)4)13(12)15/h10-12H,5-9H2,1-4H3/t12-/m1/s1. The zero-order chi connectivity index (χ0) is 11.4. The van der Waals surface area contributed by atoms with Gasteiger partial charge in [0.25, 0.3) is 0 Å². The van der Waals surface area contributed by atoms with Gasteiger partial charge >= 0.3 is 0 Å². The topological polar surface area (TPSA) is 20.3 Å². The number of carbonyl (C=O) groups excluding carboxylic acids is 1. The Morgan fingerprint density at radius 1 is 1.33 bits per heavy atom. The summed E-state index contributed by atoms with van der Waals surface area (Å²) in [4.78, 5) is 14.2. The summed E-state index contributed by atoms with van der Waals surface area (Å²) in [5.74, 6) is 1.42. The summed E-state index contributed by atoms with van der Waals surface area (Å²) in [5, 5.41) is 0. The molecule has 0 aromatic rings. The van der Waals surface area contributed by atoms with Crippen molar-refractivity contribution in [1.82, 2.24) is 4.90 Å². The van der Waals surface area contributed by atoms with Crippen LogP contribution in [0.2, 0.25) is 0 Å². The predicted molar refractivity (Wildman–Crippen MR) is 63.6 cm³/mol. The minimum absolute atomic E-state index is 0.309. The van der Waals surface area contributed by atoms with E-state index >= 15 is 0 Å². The summed E-state index contributed by atoms with van der Waals surface area (Å²) < 4.78 is 0. The van der Waals surface area contributed by atoms with Crippen LogP contribution in [0.1, 0.15) is 53.4 Å². The van der Waals surface area contributed by atoms with Crippen LogP contribution < -0.4 is 0 Å². The van der Waals surface area contributed by atoms with E-state index in [1.807, 2.05) is 0 Å². The Labute approximate surface area is 94.0 Å². The van der Waals surface area contributed by atoms with Crippen LogP contribution in [0, 0.1) is 11.8 Å². The van der Waals surface area contributed by atoms with Crippen LogP contribution in [0.15, 0.2) is 0 Å². The number of piperidine rings is 1. The number of rotatable bonds is 4. The maximum absolute atomic E-state index is 12.1. The molecule has 88 valence electrons. The molecule has 0 unspecified atom stereocenters. The maximum Gasteiger partial charge on any atom is 0.225 e. The smallest absolute Gasteiger partial charge is 0.225 e. The summed E-state index contributed by atoms with van der Waals surface area (Å²) in [5.41, 5.74) is 0. The monoisotopic (exact) mass is 211 g/mol. The molecule has 1 saturated heterocycles. The highest BCUT2D eigenvalue weighted by atomic mass is 16.2. The van der Waals surface area contributed by atoms with Gasteiger partial charge in [0, 0.05) is 18.5 Å². The summed E-state index contributed by atoms with van der Waals surface area (Å²) in [7, 11) is 0. The molecule has 1 fully saturated rings. The van der Waals surface area contributed by atoms with Gasteiger partial charge in [-0.05, 0) is 39.0 Å². The Kier molecular flexibility index (Phi) is 4.62. The number of hydrogen-bond donors (Lipinski definition) is 0. The van der Waals surface area contributed by atoms with Crippen LogP contribution in [0.4, 0.5) is 0 Å². The molecule has 1 aliphatic rings. The number of carbonyl (C=O) groups is 1. The van der Waals surface area contributed by atoms with E-state index in [4.69, 9.17) is 0 Å². The van der Waals surface area contributed by atoms with E-state index < -0.39 is 0 Å². The average molecular weight is 211 g/mol. The SMILES string of the molecule is CC(C)CC[C@H]1CCCN(C(C)C)C1=O. The Balaban J connectivity index is 2.47. The van der Waals surface area contributed by atoms with Crippen LogP contribution >= 0.6 is 0 Å². The molecule has 0 aliphatic carbocycles. The van der Waals surface area contributed by atoms with Crippen LogP contribution in [-0.2, 0) is 4.79 Å². The lowest BCUT2D eigenvalue weighted by molar-refractivity contribution is -0.140. The summed E-state index contributed by atoms with van der Waals surface area (Å²) in [6, 6.07) is 0.374. The van der Waals surface area contributed by atoms with Crippen LogP contribution in [0.5, 0.6) is 0 Å². The second-order valence-corrected chi connectivity index (χ2v) is 5.44. The normalized spacial score (nSPS) is 22.9. The predicted octanol–water partition coefficient (Wildman–Crippen LogP) is 3.07. The van der Waals surface area contributed by atoms with Gasteiger partial charge in [0.2, 0.25) is 5.91 Å². The average Bonchev–Trinajstić information content (AvgIpc) is 2.15. The fourth-order valence-electron chi connectivity index (χ4n) is 2.29. The highest BCUT2D eigenvalue weighted by Crippen LogP contribution is 2.25. The molecular weight excluding hydrogens is 186 g/mol. The molecule has 15 heavy (non-hydrogen) atoms. The highest BCUT2D eigenvalue weighted by Gasteiger charge is 2.29. The van der Waals surface area contributed by atoms with E-state index in [-0.39, 0.29) is 0 Å². The third-order valence-electron chi connectivity index (χ3n) is 3.30. The van der Waals surface area contributed by atoms with Crippen molar-refractivity contribution in [2.45, 2.75) is 59.4 Å². The Morgan fingerprint density at radius 2 is 2.00 bits per heavy atom. The lowest BCUT2D eigenvalue weighted by Gasteiger charge is -2.35. The van der Waals surface area contributed by atoms with E-state index in [0.717, 1.165) is 19.4 Å². The van der Waals surface area contributed by atoms with E-state index in [0.29, 0.717) is 23.8 Å². The molecule has 2 heteroatoms. The van der Waals surface area contributed by atoms with Crippen molar-refractivity contribution in [3.05, 3.63) is 0 Å². The third kappa shape index (κ3) is 3.51. The van der Waals surface area contributed by atoms with Crippen molar-refractivity contribution < 1.29 is 4.79 Å². The molecule has 1 atom stereocenters. The first-order chi connectivity index (χ1) is 7.02. The quantitative estimate of drug-likeness (QED) is 0.700. The molecule has 2 nitrogen and oxygen atoms in total. The molecule has 0 aromatic carbocycles. The van der Waals surface area contributed by atoms with Crippen LogP contribution in [0.25, 0.3) is 0 Å². The Hall–Kier alpha value is -0.530. The third-order valence-corrected chi connectivity index (χ3v) is 3.30. The summed E-state index contributed by atoms with van der Waals surface area (Å²) >= 11 is 0. The summed E-state index contributed by atoms with van der Waals surface area (Å²) in [6.07, 6.45) is 4.56. The van der Waals surface area contributed by atoms with Crippen molar-refractivity contribution in [3.63, 3.8) is 0 Å². The van der Waals surface area contributed by atoms with Gasteiger partial charge in [0.15, 0.2) is 0 Å². The van der Waals surface area contributed by atoms with Gasteiger partial charge in [-0.25, -0.2) is 0 Å². The van der Waals surface area contributed by atoms with Crippen molar-refractivity contribution >= 4 is 5.91 Å². The number of hydrogen-bond acceptors (Lipinski definition) is 1. The molecule has 1 heterocycles. The van der Waals surface area contributed by atoms with Gasteiger partial charge < -0.3 is 4.90 Å². The van der Waals surface area contributed by atoms with Crippen molar-refractivity contribution in [3.8, 4) is 0 Å². The molecule has 0 bridgehead atoms. The molecule has 1 amide bonds. The van der Waals surface area contributed by atoms with Gasteiger partial charge in [-0.3, -0.25) is 4.79 Å². The lowest BCUT2D eigenvalue weighted by atomic mass is 9.89. The second kappa shape index (κ2) is 5.53. The number of likely N-dealkylation sites (tertiary alicyclic amines) is 1. The highest BCUT2D eigenvalue weighted by molar-refractivity contribution is 5.79. The first kappa shape index (κ1) is 12.5. The van der Waals surface area contributed by atoms with Crippen molar-refractivity contribution in [2.75, 3.05) is 6.54 Å². The first-order valence-corrected chi connectivity index (χ1v) is 6.32. The molecule has 0 aromatic heterocycles. The summed E-state index contributed by atoms with van der Waals surface area (Å²) in [6.45, 7) is 9.65. The fraction of sp³-hybridized carbons (Fsp3) is 0.923. The van der Waals surface area contributed by atoms with Crippen LogP contribution in [-0.4, -0.2) is 23.4 Å². The maximum atomic E-state index is 12.1. The zero-order valence-corrected chi connectivity index (χ0v) is 10.6. The number of nitrogens with zero attached hydrogens (tertiary/aromatic N) is 1. The largest absolute Gasteiger partial charge is 0.340 e. The van der Waals surface area contributed by atoms with Crippen molar-refractivity contribution in [2.24, 2.45) is 11.8 Å². The fourth-order valence-corrected chi connectivity index (χ4v) is 2.29. The molecule has 0 N–H and O–H groups in total. The van der Waals surface area contributed by atoms with Gasteiger partial charge in [-0.15, -0.1) is 0 Å².